The van der Waals surface area contributed by atoms with E-state index in [4.69, 9.17) is 11.6 Å². The molecule has 1 aliphatic rings. The van der Waals surface area contributed by atoms with Crippen LogP contribution in [0.5, 0.6) is 0 Å². The van der Waals surface area contributed by atoms with Gasteiger partial charge in [-0.1, -0.05) is 48.0 Å². The number of imide groups is 1. The third-order valence-corrected chi connectivity index (χ3v) is 3.48. The third kappa shape index (κ3) is 2.12. The van der Waals surface area contributed by atoms with Gasteiger partial charge < -0.3 is 0 Å². The zero-order chi connectivity index (χ0) is 14.1. The van der Waals surface area contributed by atoms with Crippen LogP contribution in [0.1, 0.15) is 21.5 Å². The highest BCUT2D eigenvalue weighted by Gasteiger charge is 2.26. The van der Waals surface area contributed by atoms with Crippen LogP contribution in [0.15, 0.2) is 48.5 Å². The highest BCUT2D eigenvalue weighted by molar-refractivity contribution is 6.36. The van der Waals surface area contributed by atoms with Gasteiger partial charge in [-0.15, -0.1) is 0 Å². The summed E-state index contributed by atoms with van der Waals surface area (Å²) in [6, 6.07) is 14.3. The quantitative estimate of drug-likeness (QED) is 0.645. The number of hydrogen-bond acceptors (Lipinski definition) is 2. The van der Waals surface area contributed by atoms with Crippen molar-refractivity contribution in [2.24, 2.45) is 0 Å². The van der Waals surface area contributed by atoms with E-state index in [0.717, 1.165) is 5.56 Å². The van der Waals surface area contributed by atoms with Crippen molar-refractivity contribution in [3.8, 4) is 0 Å². The lowest BCUT2D eigenvalue weighted by Crippen LogP contribution is -2.36. The van der Waals surface area contributed by atoms with Gasteiger partial charge in [0, 0.05) is 16.2 Å². The summed E-state index contributed by atoms with van der Waals surface area (Å²) in [5, 5.41) is 2.89. The van der Waals surface area contributed by atoms with Crippen molar-refractivity contribution in [1.29, 1.82) is 0 Å². The second kappa shape index (κ2) is 4.94. The largest absolute Gasteiger partial charge is 0.288 e. The molecule has 1 aliphatic heterocycles. The number of nitrogens with one attached hydrogen (secondary N) is 1. The monoisotopic (exact) mass is 283 g/mol. The second-order valence-corrected chi connectivity index (χ2v) is 4.82. The maximum Gasteiger partial charge on any atom is 0.258 e. The molecular weight excluding hydrogens is 274 g/mol. The molecule has 0 unspecified atom stereocenters. The summed E-state index contributed by atoms with van der Waals surface area (Å²) in [4.78, 5) is 23.8. The minimum atomic E-state index is -0.409. The zero-order valence-corrected chi connectivity index (χ0v) is 11.1. The number of rotatable bonds is 1. The normalized spacial score (nSPS) is 15.9. The van der Waals surface area contributed by atoms with Crippen LogP contribution in [0.25, 0.3) is 11.6 Å². The smallest absolute Gasteiger partial charge is 0.258 e. The molecule has 0 saturated heterocycles. The van der Waals surface area contributed by atoms with Crippen molar-refractivity contribution in [3.63, 3.8) is 0 Å². The van der Waals surface area contributed by atoms with Crippen molar-refractivity contribution >= 4 is 35.1 Å². The molecule has 1 heterocycles. The molecule has 0 saturated carbocycles. The van der Waals surface area contributed by atoms with E-state index < -0.39 is 5.91 Å². The number of benzene rings is 2. The number of halogens is 1. The molecule has 1 N–H and O–H groups in total. The lowest BCUT2D eigenvalue weighted by atomic mass is 9.93. The van der Waals surface area contributed by atoms with Crippen LogP contribution in [0.2, 0.25) is 5.02 Å². The highest BCUT2D eigenvalue weighted by Crippen LogP contribution is 2.27. The Morgan fingerprint density at radius 2 is 1.50 bits per heavy atom. The average Bonchev–Trinajstić information content (AvgIpc) is 2.45. The van der Waals surface area contributed by atoms with Crippen LogP contribution >= 0.6 is 11.6 Å². The van der Waals surface area contributed by atoms with Crippen LogP contribution in [-0.4, -0.2) is 11.8 Å². The first-order chi connectivity index (χ1) is 9.66. The summed E-state index contributed by atoms with van der Waals surface area (Å²) in [7, 11) is 0. The Balaban J connectivity index is 2.19. The van der Waals surface area contributed by atoms with Crippen molar-refractivity contribution in [2.45, 2.75) is 0 Å². The predicted octanol–water partition coefficient (Wildman–Crippen LogP) is 3.15. The van der Waals surface area contributed by atoms with Crippen LogP contribution in [-0.2, 0) is 4.79 Å². The summed E-state index contributed by atoms with van der Waals surface area (Å²) in [6.45, 7) is 0. The topological polar surface area (TPSA) is 46.2 Å². The fourth-order valence-corrected chi connectivity index (χ4v) is 2.36. The summed E-state index contributed by atoms with van der Waals surface area (Å²) in [5.41, 5.74) is 2.29. The molecular formula is C16H10ClNO2. The van der Waals surface area contributed by atoms with E-state index in [2.05, 4.69) is 5.32 Å². The van der Waals surface area contributed by atoms with E-state index in [9.17, 15) is 9.59 Å². The van der Waals surface area contributed by atoms with E-state index in [-0.39, 0.29) is 5.91 Å². The Bertz CT molecular complexity index is 750. The second-order valence-electron chi connectivity index (χ2n) is 4.41. The van der Waals surface area contributed by atoms with Gasteiger partial charge in [-0.05, 0) is 29.3 Å². The SMILES string of the molecule is O=C1NC(=O)c2ccccc2/C1=C\c1ccccc1Cl. The van der Waals surface area contributed by atoms with Crippen molar-refractivity contribution < 1.29 is 9.59 Å². The molecule has 98 valence electrons. The molecule has 4 heteroatoms. The van der Waals surface area contributed by atoms with Crippen LogP contribution in [0.4, 0.5) is 0 Å². The molecule has 0 aliphatic carbocycles. The molecule has 0 spiro atoms. The summed E-state index contributed by atoms with van der Waals surface area (Å²) in [5.74, 6) is -0.782. The van der Waals surface area contributed by atoms with E-state index in [1.54, 1.807) is 36.4 Å². The fraction of sp³-hybridized carbons (Fsp3) is 0. The maximum absolute atomic E-state index is 12.0. The standard InChI is InChI=1S/C16H10ClNO2/c17-14-8-4-1-5-10(14)9-13-11-6-2-3-7-12(11)15(19)18-16(13)20/h1-9H,(H,18,19,20)/b13-9+. The van der Waals surface area contributed by atoms with Gasteiger partial charge in [0.15, 0.2) is 0 Å². The number of carbonyl (C=O) groups is 2. The van der Waals surface area contributed by atoms with E-state index in [1.165, 1.54) is 0 Å². The molecule has 20 heavy (non-hydrogen) atoms. The average molecular weight is 284 g/mol. The first-order valence-corrected chi connectivity index (χ1v) is 6.46. The number of fused-ring (bicyclic) bond motifs is 1. The van der Waals surface area contributed by atoms with Crippen LogP contribution in [0.3, 0.4) is 0 Å². The Hall–Kier alpha value is -2.39. The molecule has 2 amide bonds. The van der Waals surface area contributed by atoms with E-state index in [0.29, 0.717) is 21.7 Å². The molecule has 0 bridgehead atoms. The Morgan fingerprint density at radius 3 is 2.25 bits per heavy atom. The van der Waals surface area contributed by atoms with Crippen LogP contribution in [0, 0.1) is 0 Å². The molecule has 3 nitrogen and oxygen atoms in total. The molecule has 0 fully saturated rings. The van der Waals surface area contributed by atoms with E-state index in [1.807, 2.05) is 18.2 Å². The van der Waals surface area contributed by atoms with Gasteiger partial charge in [-0.25, -0.2) is 0 Å². The molecule has 3 rings (SSSR count). The van der Waals surface area contributed by atoms with E-state index >= 15 is 0 Å². The Kier molecular flexibility index (Phi) is 3.12. The van der Waals surface area contributed by atoms with Gasteiger partial charge in [0.1, 0.15) is 0 Å². The minimum absolute atomic E-state index is 0.373. The summed E-state index contributed by atoms with van der Waals surface area (Å²) >= 11 is 6.10. The van der Waals surface area contributed by atoms with Gasteiger partial charge in [0.2, 0.25) is 0 Å². The van der Waals surface area contributed by atoms with Gasteiger partial charge in [-0.3, -0.25) is 14.9 Å². The van der Waals surface area contributed by atoms with Crippen molar-refractivity contribution in [3.05, 3.63) is 70.2 Å². The minimum Gasteiger partial charge on any atom is -0.288 e. The van der Waals surface area contributed by atoms with Crippen molar-refractivity contribution in [1.82, 2.24) is 5.32 Å². The van der Waals surface area contributed by atoms with Gasteiger partial charge in [0.05, 0.1) is 0 Å². The fourth-order valence-electron chi connectivity index (χ4n) is 2.17. The van der Waals surface area contributed by atoms with Crippen LogP contribution < -0.4 is 5.32 Å². The Labute approximate surface area is 120 Å². The molecule has 2 aromatic carbocycles. The number of carbonyl (C=O) groups excluding carboxylic acids is 2. The Morgan fingerprint density at radius 1 is 0.850 bits per heavy atom. The lowest BCUT2D eigenvalue weighted by molar-refractivity contribution is -0.114. The molecule has 0 atom stereocenters. The molecule has 0 aromatic heterocycles. The first kappa shape index (κ1) is 12.6. The highest BCUT2D eigenvalue weighted by atomic mass is 35.5. The van der Waals surface area contributed by atoms with Gasteiger partial charge in [-0.2, -0.15) is 0 Å². The van der Waals surface area contributed by atoms with Gasteiger partial charge >= 0.3 is 0 Å². The molecule has 0 radical (unpaired) electrons. The number of amides is 2. The molecule has 2 aromatic rings. The zero-order valence-electron chi connectivity index (χ0n) is 10.4. The predicted molar refractivity (Wildman–Crippen MR) is 78.2 cm³/mol. The number of hydrogen-bond donors (Lipinski definition) is 1. The first-order valence-electron chi connectivity index (χ1n) is 6.08. The summed E-state index contributed by atoms with van der Waals surface area (Å²) in [6.07, 6.45) is 1.70. The van der Waals surface area contributed by atoms with Gasteiger partial charge in [0.25, 0.3) is 11.8 Å². The van der Waals surface area contributed by atoms with Crippen molar-refractivity contribution in [2.75, 3.05) is 0 Å². The third-order valence-electron chi connectivity index (χ3n) is 3.14. The summed E-state index contributed by atoms with van der Waals surface area (Å²) < 4.78 is 0. The lowest BCUT2D eigenvalue weighted by Gasteiger charge is -2.18. The maximum atomic E-state index is 12.0.